The number of β-amino-alcohol motifs (C(OH)–C–C–N with tert-alkyl or cyclic N) is 1. The Balaban J connectivity index is 0.000000202. The zero-order valence-corrected chi connectivity index (χ0v) is 23.2. The van der Waals surface area contributed by atoms with Gasteiger partial charge >= 0.3 is 0 Å². The maximum Gasteiger partial charge on any atom is 0.231 e. The molecule has 2 heterocycles. The summed E-state index contributed by atoms with van der Waals surface area (Å²) in [5.41, 5.74) is 1.59. The van der Waals surface area contributed by atoms with Crippen LogP contribution in [-0.4, -0.2) is 53.9 Å². The summed E-state index contributed by atoms with van der Waals surface area (Å²) in [6.45, 7) is 9.10. The van der Waals surface area contributed by atoms with Crippen LogP contribution < -0.4 is 24.8 Å². The van der Waals surface area contributed by atoms with Gasteiger partial charge < -0.3 is 40.2 Å². The molecule has 0 aliphatic carbocycles. The van der Waals surface area contributed by atoms with E-state index in [0.717, 1.165) is 36.8 Å². The highest BCUT2D eigenvalue weighted by Crippen LogP contribution is 2.36. The fraction of sp³-hybridized carbons (Fsp3) is 0.419. The fourth-order valence-electron chi connectivity index (χ4n) is 4.75. The lowest BCUT2D eigenvalue weighted by molar-refractivity contribution is 0.162. The van der Waals surface area contributed by atoms with Gasteiger partial charge in [-0.1, -0.05) is 12.1 Å². The van der Waals surface area contributed by atoms with Crippen LogP contribution in [0, 0.1) is 11.7 Å². The predicted octanol–water partition coefficient (Wildman–Crippen LogP) is 4.85. The first-order valence-corrected chi connectivity index (χ1v) is 13.5. The van der Waals surface area contributed by atoms with Crippen molar-refractivity contribution in [3.8, 4) is 28.7 Å². The van der Waals surface area contributed by atoms with E-state index in [4.69, 9.17) is 14.2 Å². The van der Waals surface area contributed by atoms with Crippen LogP contribution in [0.25, 0.3) is 0 Å². The Morgan fingerprint density at radius 1 is 1.00 bits per heavy atom. The molecule has 3 aromatic carbocycles. The average Bonchev–Trinajstić information content (AvgIpc) is 3.39. The van der Waals surface area contributed by atoms with Gasteiger partial charge in [0.2, 0.25) is 6.79 Å². The van der Waals surface area contributed by atoms with Crippen molar-refractivity contribution in [1.82, 2.24) is 10.6 Å². The van der Waals surface area contributed by atoms with Crippen molar-refractivity contribution < 1.29 is 33.9 Å². The first-order chi connectivity index (χ1) is 19.1. The molecule has 1 saturated heterocycles. The third-order valence-corrected chi connectivity index (χ3v) is 6.85. The maximum atomic E-state index is 13.2. The van der Waals surface area contributed by atoms with E-state index in [2.05, 4.69) is 10.6 Å². The van der Waals surface area contributed by atoms with Crippen molar-refractivity contribution in [1.29, 1.82) is 0 Å². The number of benzene rings is 3. The van der Waals surface area contributed by atoms with E-state index in [1.165, 1.54) is 35.9 Å². The molecule has 0 saturated carbocycles. The van der Waals surface area contributed by atoms with Gasteiger partial charge in [0, 0.05) is 36.7 Å². The van der Waals surface area contributed by atoms with E-state index in [-0.39, 0.29) is 29.6 Å². The Hall–Kier alpha value is -3.53. The summed E-state index contributed by atoms with van der Waals surface area (Å²) in [6, 6.07) is 16.6. The number of hydrogen-bond donors (Lipinski definition) is 5. The highest BCUT2D eigenvalue weighted by atomic mass is 19.1. The number of ether oxygens (including phenoxy) is 3. The third kappa shape index (κ3) is 8.48. The van der Waals surface area contributed by atoms with E-state index in [1.807, 2.05) is 51.1 Å². The molecule has 0 radical (unpaired) electrons. The molecule has 3 aromatic rings. The molecule has 9 heteroatoms. The number of aliphatic hydroxyl groups excluding tert-OH is 1. The molecule has 0 spiro atoms. The minimum absolute atomic E-state index is 0.0511. The lowest BCUT2D eigenvalue weighted by Gasteiger charge is -2.32. The van der Waals surface area contributed by atoms with Gasteiger partial charge in [-0.05, 0) is 87.2 Å². The monoisotopic (exact) mass is 554 g/mol. The number of phenols is 2. The number of nitrogens with one attached hydrogen (secondary N) is 2. The molecule has 5 rings (SSSR count). The number of fused-ring (bicyclic) bond motifs is 1. The molecule has 5 N–H and O–H groups in total. The quantitative estimate of drug-likeness (QED) is 0.282. The van der Waals surface area contributed by atoms with Gasteiger partial charge in [-0.15, -0.1) is 0 Å². The molecular formula is C31H39FN2O6. The van der Waals surface area contributed by atoms with Crippen LogP contribution in [-0.2, 0) is 0 Å². The van der Waals surface area contributed by atoms with E-state index in [9.17, 15) is 19.7 Å². The van der Waals surface area contributed by atoms with E-state index in [1.54, 1.807) is 0 Å². The van der Waals surface area contributed by atoms with Crippen molar-refractivity contribution in [3.05, 3.63) is 77.6 Å². The SMILES string of the molecule is CC(C)(C)NCC(O)c1cc(O)cc(O)c1.Fc1ccc([C@@H]2CCNC[C@H]2COc2ccc3c(c2)OCO3)cc1. The molecule has 0 amide bonds. The van der Waals surface area contributed by atoms with E-state index < -0.39 is 6.10 Å². The van der Waals surface area contributed by atoms with Crippen LogP contribution in [0.2, 0.25) is 0 Å². The van der Waals surface area contributed by atoms with Crippen LogP contribution in [0.3, 0.4) is 0 Å². The van der Waals surface area contributed by atoms with Gasteiger partial charge in [-0.3, -0.25) is 0 Å². The highest BCUT2D eigenvalue weighted by molar-refractivity contribution is 5.47. The van der Waals surface area contributed by atoms with Crippen LogP contribution in [0.5, 0.6) is 28.7 Å². The van der Waals surface area contributed by atoms with Crippen molar-refractivity contribution in [2.75, 3.05) is 33.0 Å². The second kappa shape index (κ2) is 13.2. The summed E-state index contributed by atoms with van der Waals surface area (Å²) >= 11 is 0. The minimum atomic E-state index is -0.753. The molecule has 216 valence electrons. The number of piperidine rings is 1. The average molecular weight is 555 g/mol. The fourth-order valence-corrected chi connectivity index (χ4v) is 4.75. The van der Waals surface area contributed by atoms with E-state index >= 15 is 0 Å². The Morgan fingerprint density at radius 3 is 2.40 bits per heavy atom. The van der Waals surface area contributed by atoms with Crippen molar-refractivity contribution in [2.24, 2.45) is 5.92 Å². The lowest BCUT2D eigenvalue weighted by Crippen LogP contribution is -2.38. The van der Waals surface area contributed by atoms with Gasteiger partial charge in [0.1, 0.15) is 23.1 Å². The summed E-state index contributed by atoms with van der Waals surface area (Å²) in [5.74, 6) is 2.68. The first kappa shape index (κ1) is 29.5. The molecule has 0 aromatic heterocycles. The second-order valence-electron chi connectivity index (χ2n) is 11.2. The van der Waals surface area contributed by atoms with Crippen molar-refractivity contribution in [3.63, 3.8) is 0 Å². The van der Waals surface area contributed by atoms with Gasteiger partial charge in [0.05, 0.1) is 12.7 Å². The lowest BCUT2D eigenvalue weighted by atomic mass is 9.81. The zero-order chi connectivity index (χ0) is 28.7. The molecule has 1 fully saturated rings. The molecule has 3 atom stereocenters. The minimum Gasteiger partial charge on any atom is -0.508 e. The predicted molar refractivity (Wildman–Crippen MR) is 151 cm³/mol. The first-order valence-electron chi connectivity index (χ1n) is 13.5. The van der Waals surface area contributed by atoms with Gasteiger partial charge in [-0.2, -0.15) is 0 Å². The number of rotatable bonds is 7. The third-order valence-electron chi connectivity index (χ3n) is 6.85. The maximum absolute atomic E-state index is 13.2. The summed E-state index contributed by atoms with van der Waals surface area (Å²) in [5, 5.41) is 35.0. The highest BCUT2D eigenvalue weighted by Gasteiger charge is 2.27. The molecule has 1 unspecified atom stereocenters. The normalized spacial score (nSPS) is 18.9. The number of aliphatic hydroxyl groups is 1. The number of halogens is 1. The molecule has 2 aliphatic heterocycles. The molecule has 2 aliphatic rings. The van der Waals surface area contributed by atoms with Crippen LogP contribution in [0.1, 0.15) is 50.3 Å². The number of aromatic hydroxyl groups is 2. The topological polar surface area (TPSA) is 112 Å². The Kier molecular flexibility index (Phi) is 9.73. The van der Waals surface area contributed by atoms with Crippen molar-refractivity contribution >= 4 is 0 Å². The van der Waals surface area contributed by atoms with E-state index in [0.29, 0.717) is 30.6 Å². The Morgan fingerprint density at radius 2 is 1.70 bits per heavy atom. The zero-order valence-electron chi connectivity index (χ0n) is 23.2. The van der Waals surface area contributed by atoms with Gasteiger partial charge in [0.15, 0.2) is 11.5 Å². The molecule has 40 heavy (non-hydrogen) atoms. The van der Waals surface area contributed by atoms with Crippen LogP contribution >= 0.6 is 0 Å². The molecule has 8 nitrogen and oxygen atoms in total. The number of phenolic OH excluding ortho intramolecular Hbond substituents is 2. The summed E-state index contributed by atoms with van der Waals surface area (Å²) in [6.07, 6.45) is 0.276. The molecular weight excluding hydrogens is 515 g/mol. The largest absolute Gasteiger partial charge is 0.508 e. The number of hydrogen-bond acceptors (Lipinski definition) is 8. The smallest absolute Gasteiger partial charge is 0.231 e. The van der Waals surface area contributed by atoms with Gasteiger partial charge in [0.25, 0.3) is 0 Å². The standard InChI is InChI=1S/C19H20FNO3.C12H19NO3/c20-15-3-1-13(2-4-15)17-7-8-21-10-14(17)11-22-16-5-6-18-19(9-16)24-12-23-18;1-12(2,3)13-7-11(16)8-4-9(14)6-10(15)5-8/h1-6,9,14,17,21H,7-8,10-12H2;4-6,11,13-16H,7H2,1-3H3/t14-,17-;/m0./s1. The van der Waals surface area contributed by atoms with Crippen LogP contribution in [0.4, 0.5) is 4.39 Å². The van der Waals surface area contributed by atoms with Crippen molar-refractivity contribution in [2.45, 2.75) is 44.8 Å². The van der Waals surface area contributed by atoms with Gasteiger partial charge in [-0.25, -0.2) is 4.39 Å². The summed E-state index contributed by atoms with van der Waals surface area (Å²) < 4.78 is 29.9. The Bertz CT molecular complexity index is 1230. The van der Waals surface area contributed by atoms with Crippen LogP contribution in [0.15, 0.2) is 60.7 Å². The summed E-state index contributed by atoms with van der Waals surface area (Å²) in [4.78, 5) is 0. The summed E-state index contributed by atoms with van der Waals surface area (Å²) in [7, 11) is 0. The second-order valence-corrected chi connectivity index (χ2v) is 11.2. The Labute approximate surface area is 234 Å². The molecule has 0 bridgehead atoms.